The Bertz CT molecular complexity index is 3670. The molecule has 4 aromatic carbocycles. The van der Waals surface area contributed by atoms with Gasteiger partial charge < -0.3 is 57.7 Å². The molecule has 3 unspecified atom stereocenters. The molecule has 0 aliphatic rings. The molecule has 0 radical (unpaired) electrons. The first kappa shape index (κ1) is 62.0. The van der Waals surface area contributed by atoms with Gasteiger partial charge >= 0.3 is 23.2 Å². The summed E-state index contributed by atoms with van der Waals surface area (Å²) in [4.78, 5) is 80.5. The van der Waals surface area contributed by atoms with Crippen molar-refractivity contribution in [3.8, 4) is 11.4 Å². The topological polar surface area (TPSA) is 276 Å². The van der Waals surface area contributed by atoms with Crippen LogP contribution in [0.5, 0.6) is 0 Å². The number of hydrogen-bond acceptors (Lipinski definition) is 20. The zero-order valence-corrected chi connectivity index (χ0v) is 48.6. The first-order valence-electron chi connectivity index (χ1n) is 28.1. The number of ether oxygens (including phenoxy) is 6. The van der Waals surface area contributed by atoms with Gasteiger partial charge in [0.25, 0.3) is 11.8 Å². The van der Waals surface area contributed by atoms with Gasteiger partial charge in [0.2, 0.25) is 0 Å². The first-order chi connectivity index (χ1) is 41.1. The summed E-state index contributed by atoms with van der Waals surface area (Å²) >= 11 is 0. The molecule has 0 spiro atoms. The largest absolute Gasteiger partial charge is 0.456 e. The highest BCUT2D eigenvalue weighted by molar-refractivity contribution is 5.95. The van der Waals surface area contributed by atoms with Crippen molar-refractivity contribution in [2.24, 2.45) is 0 Å². The molecule has 2 amide bonds. The van der Waals surface area contributed by atoms with Crippen LogP contribution < -0.4 is 31.7 Å². The van der Waals surface area contributed by atoms with Crippen LogP contribution in [0.3, 0.4) is 0 Å². The zero-order valence-electron chi connectivity index (χ0n) is 48.6. The fourth-order valence-corrected chi connectivity index (χ4v) is 9.45. The van der Waals surface area contributed by atoms with Gasteiger partial charge in [0.1, 0.15) is 34.8 Å². The molecule has 2 N–H and O–H groups in total. The molecular weight excluding hydrogens is 1100 g/mol. The number of aromatic nitrogens is 6. The third-order valence-corrected chi connectivity index (χ3v) is 13.7. The number of carbonyl (C=O) groups is 4. The molecule has 0 saturated carbocycles. The highest BCUT2D eigenvalue weighted by Gasteiger charge is 2.24. The van der Waals surface area contributed by atoms with Crippen molar-refractivity contribution < 1.29 is 56.4 Å². The molecule has 0 fully saturated rings. The van der Waals surface area contributed by atoms with Crippen LogP contribution in [0.1, 0.15) is 104 Å². The number of fused-ring (bicyclic) bond motifs is 2. The third-order valence-electron chi connectivity index (χ3n) is 13.7. The molecule has 8 aromatic rings. The van der Waals surface area contributed by atoms with Crippen molar-refractivity contribution in [1.29, 1.82) is 0 Å². The van der Waals surface area contributed by atoms with Crippen LogP contribution >= 0.6 is 0 Å². The lowest BCUT2D eigenvalue weighted by Crippen LogP contribution is -2.30. The van der Waals surface area contributed by atoms with Crippen molar-refractivity contribution in [3.05, 3.63) is 164 Å². The van der Waals surface area contributed by atoms with Crippen LogP contribution in [0, 0.1) is 0 Å². The molecular formula is C61H70N10O14. The van der Waals surface area contributed by atoms with Gasteiger partial charge in [-0.1, -0.05) is 10.4 Å². The Hall–Kier alpha value is -9.10. The molecule has 0 saturated heterocycles. The Morgan fingerprint density at radius 3 is 1.38 bits per heavy atom. The van der Waals surface area contributed by atoms with E-state index in [4.69, 9.17) is 37.3 Å². The standard InChI is InChI=1S/C61H70N10O14/c1-8-68(9-2)48-20-22-50-52(30-58(74)84-54(50)28-48)56(82-40(6)72)32-62-60(76)42-12-16-46(17-13-42)70-34-44(64-66-70)37-79-25-24-78-36-39(5)81-27-26-80-38-45-35-71(67-65-45)47-18-14-43(15-19-47)61(77)63-33-57(83-41(7)73)53-31-59(75)85-55-29-49(21-23-51(53)55)69(10-3)11-4/h12-23,28-31,34-35,39,56-57H,8-11,24-27,32-33,36-38H2,1-7H3,(H,62,76)(H,63,77). The summed E-state index contributed by atoms with van der Waals surface area (Å²) in [5.41, 5.74) is 5.32. The Morgan fingerprint density at radius 1 is 0.553 bits per heavy atom. The molecule has 448 valence electrons. The lowest BCUT2D eigenvalue weighted by Gasteiger charge is -2.22. The van der Waals surface area contributed by atoms with Crippen LogP contribution in [0.2, 0.25) is 0 Å². The molecule has 8 rings (SSSR count). The second kappa shape index (κ2) is 29.9. The van der Waals surface area contributed by atoms with Gasteiger partial charge in [-0.05, 0) is 107 Å². The van der Waals surface area contributed by atoms with E-state index in [1.807, 2.05) is 58.9 Å². The fraction of sp³-hybridized carbons (Fsp3) is 0.377. The highest BCUT2D eigenvalue weighted by atomic mass is 16.6. The van der Waals surface area contributed by atoms with Crippen LogP contribution in [0.25, 0.3) is 33.3 Å². The maximum atomic E-state index is 13.3. The van der Waals surface area contributed by atoms with E-state index >= 15 is 0 Å². The van der Waals surface area contributed by atoms with E-state index in [1.54, 1.807) is 82.4 Å². The van der Waals surface area contributed by atoms with E-state index in [1.165, 1.54) is 26.0 Å². The molecule has 24 nitrogen and oxygen atoms in total. The lowest BCUT2D eigenvalue weighted by molar-refractivity contribution is -0.147. The zero-order chi connectivity index (χ0) is 60.4. The lowest BCUT2D eigenvalue weighted by atomic mass is 10.0. The third kappa shape index (κ3) is 16.8. The summed E-state index contributed by atoms with van der Waals surface area (Å²) in [5.74, 6) is -1.97. The van der Waals surface area contributed by atoms with Crippen LogP contribution in [-0.4, -0.2) is 132 Å². The summed E-state index contributed by atoms with van der Waals surface area (Å²) < 4.78 is 48.5. The number of carbonyl (C=O) groups excluding carboxylic acids is 4. The number of hydrogen-bond donors (Lipinski definition) is 2. The van der Waals surface area contributed by atoms with Crippen LogP contribution in [0.4, 0.5) is 11.4 Å². The van der Waals surface area contributed by atoms with E-state index < -0.39 is 47.2 Å². The monoisotopic (exact) mass is 1170 g/mol. The molecule has 4 heterocycles. The Kier molecular flexibility index (Phi) is 21.8. The molecule has 24 heteroatoms. The maximum Gasteiger partial charge on any atom is 0.336 e. The number of nitrogens with one attached hydrogen (secondary N) is 2. The van der Waals surface area contributed by atoms with Gasteiger partial charge in [-0.3, -0.25) is 19.2 Å². The van der Waals surface area contributed by atoms with Gasteiger partial charge in [0.15, 0.2) is 0 Å². The number of esters is 2. The Labute approximate surface area is 489 Å². The SMILES string of the molecule is CCN(CC)c1ccc2c(C(CNC(=O)c3ccc(-n4cc(COCCOCC(C)OCCOCc5cn(-c6ccc(C(=O)NCC(OC(C)=O)c7cc(=O)oc8cc(N(CC)CC)ccc78)cc6)nn5)nn4)cc3)OC(C)=O)cc(=O)oc2c1. The van der Waals surface area contributed by atoms with Gasteiger partial charge in [0.05, 0.1) is 89.2 Å². The van der Waals surface area contributed by atoms with Crippen LogP contribution in [-0.2, 0) is 51.2 Å². The fourth-order valence-electron chi connectivity index (χ4n) is 9.45. The summed E-state index contributed by atoms with van der Waals surface area (Å²) in [5, 5.41) is 23.6. The van der Waals surface area contributed by atoms with Crippen molar-refractivity contribution in [1.82, 2.24) is 40.6 Å². The van der Waals surface area contributed by atoms with Gasteiger partial charge in [-0.2, -0.15) is 0 Å². The summed E-state index contributed by atoms with van der Waals surface area (Å²) in [6.45, 7) is 17.5. The number of rotatable bonds is 31. The molecule has 0 aliphatic heterocycles. The Balaban J connectivity index is 0.702. The van der Waals surface area contributed by atoms with E-state index in [0.29, 0.717) is 100.0 Å². The predicted octanol–water partition coefficient (Wildman–Crippen LogP) is 6.98. The quantitative estimate of drug-likeness (QED) is 0.0252. The second-order valence-electron chi connectivity index (χ2n) is 19.6. The minimum absolute atomic E-state index is 0.0913. The number of nitrogens with zero attached hydrogens (tertiary/aromatic N) is 8. The normalized spacial score (nSPS) is 12.4. The van der Waals surface area contributed by atoms with Crippen LogP contribution in [0.15, 0.2) is 128 Å². The summed E-state index contributed by atoms with van der Waals surface area (Å²) in [6.07, 6.45) is 1.34. The van der Waals surface area contributed by atoms with E-state index in [2.05, 4.69) is 41.1 Å². The van der Waals surface area contributed by atoms with E-state index in [0.717, 1.165) is 37.6 Å². The smallest absolute Gasteiger partial charge is 0.336 e. The predicted molar refractivity (Wildman–Crippen MR) is 314 cm³/mol. The maximum absolute atomic E-state index is 13.3. The first-order valence-corrected chi connectivity index (χ1v) is 28.1. The number of amides is 2. The number of benzene rings is 4. The highest BCUT2D eigenvalue weighted by Crippen LogP contribution is 2.31. The molecule has 0 bridgehead atoms. The van der Waals surface area contributed by atoms with Crippen molar-refractivity contribution in [3.63, 3.8) is 0 Å². The van der Waals surface area contributed by atoms with Crippen molar-refractivity contribution in [2.75, 3.05) is 82.1 Å². The van der Waals surface area contributed by atoms with Gasteiger partial charge in [0, 0.05) is 109 Å². The summed E-state index contributed by atoms with van der Waals surface area (Å²) in [6, 6.07) is 27.1. The molecule has 3 atom stereocenters. The molecule has 85 heavy (non-hydrogen) atoms. The number of anilines is 2. The molecule has 0 aliphatic carbocycles. The Morgan fingerprint density at radius 2 is 0.965 bits per heavy atom. The minimum atomic E-state index is -0.954. The molecule has 4 aromatic heterocycles. The summed E-state index contributed by atoms with van der Waals surface area (Å²) in [7, 11) is 0. The second-order valence-corrected chi connectivity index (χ2v) is 19.6. The average molecular weight is 1170 g/mol. The van der Waals surface area contributed by atoms with Crippen molar-refractivity contribution >= 4 is 57.1 Å². The minimum Gasteiger partial charge on any atom is -0.456 e. The van der Waals surface area contributed by atoms with Gasteiger partial charge in [-0.15, -0.1) is 10.2 Å². The van der Waals surface area contributed by atoms with Crippen molar-refractivity contribution in [2.45, 2.75) is 80.0 Å². The van der Waals surface area contributed by atoms with E-state index in [-0.39, 0.29) is 32.4 Å². The van der Waals surface area contributed by atoms with E-state index in [9.17, 15) is 28.8 Å². The van der Waals surface area contributed by atoms with Gasteiger partial charge in [-0.25, -0.2) is 19.0 Å². The average Bonchev–Trinajstić information content (AvgIpc) is 4.09.